The molecule has 2 N–H and O–H groups in total. The van der Waals surface area contributed by atoms with E-state index in [-0.39, 0.29) is 11.9 Å². The number of morpholine rings is 1. The molecular weight excluding hydrogens is 462 g/mol. The van der Waals surface area contributed by atoms with Crippen molar-refractivity contribution in [2.45, 2.75) is 6.04 Å². The number of fused-ring (bicyclic) bond motifs is 1. The van der Waals surface area contributed by atoms with Crippen molar-refractivity contribution in [3.63, 3.8) is 0 Å². The summed E-state index contributed by atoms with van der Waals surface area (Å²) in [4.78, 5) is 24.4. The molecule has 1 fully saturated rings. The van der Waals surface area contributed by atoms with E-state index in [9.17, 15) is 4.79 Å². The van der Waals surface area contributed by atoms with Gasteiger partial charge in [0.1, 0.15) is 5.82 Å². The first-order chi connectivity index (χ1) is 17.2. The predicted molar refractivity (Wildman–Crippen MR) is 138 cm³/mol. The van der Waals surface area contributed by atoms with Gasteiger partial charge in [0, 0.05) is 53.7 Å². The molecule has 0 spiro atoms. The molecule has 3 heterocycles. The molecular formula is C27H26ClN5O2. The number of nitrogens with zero attached hydrogens (tertiary/aromatic N) is 3. The average Bonchev–Trinajstić information content (AvgIpc) is 2.90. The number of halogens is 1. The monoisotopic (exact) mass is 487 g/mol. The summed E-state index contributed by atoms with van der Waals surface area (Å²) in [7, 11) is 0. The highest BCUT2D eigenvalue weighted by Crippen LogP contribution is 2.27. The fourth-order valence-corrected chi connectivity index (χ4v) is 4.46. The first-order valence-electron chi connectivity index (χ1n) is 11.6. The van der Waals surface area contributed by atoms with E-state index in [4.69, 9.17) is 16.3 Å². The molecule has 0 radical (unpaired) electrons. The summed E-state index contributed by atoms with van der Waals surface area (Å²) in [6, 6.07) is 20.9. The molecule has 1 amide bonds. The maximum absolute atomic E-state index is 13.1. The van der Waals surface area contributed by atoms with Crippen LogP contribution in [0.25, 0.3) is 10.8 Å². The van der Waals surface area contributed by atoms with E-state index in [0.717, 1.165) is 35.2 Å². The molecule has 4 aromatic rings. The number of aromatic nitrogens is 2. The Morgan fingerprint density at radius 1 is 1.00 bits per heavy atom. The van der Waals surface area contributed by atoms with Gasteiger partial charge in [-0.05, 0) is 53.9 Å². The Morgan fingerprint density at radius 2 is 1.89 bits per heavy atom. The Hall–Kier alpha value is -3.52. The highest BCUT2D eigenvalue weighted by atomic mass is 35.5. The minimum absolute atomic E-state index is 0.0185. The number of carbonyl (C=O) groups excluding carboxylic acids is 1. The van der Waals surface area contributed by atoms with Gasteiger partial charge in [-0.2, -0.15) is 0 Å². The number of ether oxygens (including phenoxy) is 1. The van der Waals surface area contributed by atoms with Gasteiger partial charge >= 0.3 is 0 Å². The van der Waals surface area contributed by atoms with Gasteiger partial charge in [-0.15, -0.1) is 0 Å². The first-order valence-corrected chi connectivity index (χ1v) is 12.0. The molecule has 7 nitrogen and oxygen atoms in total. The minimum atomic E-state index is -0.142. The van der Waals surface area contributed by atoms with Crippen LogP contribution in [0.5, 0.6) is 0 Å². The van der Waals surface area contributed by atoms with E-state index in [1.165, 1.54) is 0 Å². The van der Waals surface area contributed by atoms with Crippen LogP contribution in [0.15, 0.2) is 79.1 Å². The Labute approximate surface area is 209 Å². The Balaban J connectivity index is 1.31. The van der Waals surface area contributed by atoms with Crippen molar-refractivity contribution >= 4 is 39.8 Å². The van der Waals surface area contributed by atoms with Crippen LogP contribution >= 0.6 is 11.6 Å². The fraction of sp³-hybridized carbons (Fsp3) is 0.222. The third kappa shape index (κ3) is 5.59. The van der Waals surface area contributed by atoms with Crippen LogP contribution in [0.2, 0.25) is 5.02 Å². The Morgan fingerprint density at radius 3 is 2.71 bits per heavy atom. The van der Waals surface area contributed by atoms with Crippen molar-refractivity contribution in [2.24, 2.45) is 0 Å². The van der Waals surface area contributed by atoms with Crippen LogP contribution in [-0.4, -0.2) is 53.6 Å². The van der Waals surface area contributed by atoms with Crippen LogP contribution in [0.3, 0.4) is 0 Å². The molecule has 0 saturated carbocycles. The summed E-state index contributed by atoms with van der Waals surface area (Å²) in [5.74, 6) is 0.543. The summed E-state index contributed by atoms with van der Waals surface area (Å²) in [5, 5.41) is 9.02. The number of pyridine rings is 2. The molecule has 1 unspecified atom stereocenters. The van der Waals surface area contributed by atoms with Crippen LogP contribution in [0, 0.1) is 0 Å². The maximum Gasteiger partial charge on any atom is 0.251 e. The summed E-state index contributed by atoms with van der Waals surface area (Å²) < 4.78 is 5.51. The second kappa shape index (κ2) is 10.8. The number of nitrogens with one attached hydrogen (secondary N) is 2. The quantitative estimate of drug-likeness (QED) is 0.388. The third-order valence-corrected chi connectivity index (χ3v) is 6.32. The summed E-state index contributed by atoms with van der Waals surface area (Å²) in [5.41, 5.74) is 2.27. The van der Waals surface area contributed by atoms with Gasteiger partial charge in [-0.25, -0.2) is 4.98 Å². The van der Waals surface area contributed by atoms with Gasteiger partial charge in [0.25, 0.3) is 5.91 Å². The molecule has 0 aliphatic carbocycles. The smallest absolute Gasteiger partial charge is 0.251 e. The van der Waals surface area contributed by atoms with E-state index in [1.807, 2.05) is 60.7 Å². The van der Waals surface area contributed by atoms with Gasteiger partial charge in [-0.3, -0.25) is 14.7 Å². The first kappa shape index (κ1) is 23.2. The lowest BCUT2D eigenvalue weighted by Crippen LogP contribution is -2.44. The third-order valence-electron chi connectivity index (χ3n) is 6.09. The summed E-state index contributed by atoms with van der Waals surface area (Å²) in [6.45, 7) is 3.42. The molecule has 8 heteroatoms. The number of benzene rings is 2. The van der Waals surface area contributed by atoms with Gasteiger partial charge in [0.2, 0.25) is 0 Å². The highest BCUT2D eigenvalue weighted by Gasteiger charge is 2.24. The Kier molecular flexibility index (Phi) is 7.18. The molecule has 2 aromatic heterocycles. The molecule has 1 atom stereocenters. The van der Waals surface area contributed by atoms with Crippen molar-refractivity contribution < 1.29 is 9.53 Å². The lowest BCUT2D eigenvalue weighted by Gasteiger charge is -2.34. The normalized spacial score (nSPS) is 15.0. The van der Waals surface area contributed by atoms with E-state index in [2.05, 4.69) is 25.5 Å². The topological polar surface area (TPSA) is 79.4 Å². The van der Waals surface area contributed by atoms with Crippen molar-refractivity contribution in [1.82, 2.24) is 20.2 Å². The molecule has 1 aliphatic heterocycles. The molecule has 1 saturated heterocycles. The number of hydrogen-bond donors (Lipinski definition) is 2. The standard InChI is InChI=1S/C27H26ClN5O2/c28-21-8-7-19-9-11-30-26(23(19)17-21)32-22-5-3-4-20(16-22)27(34)31-18-25(24-6-1-2-10-29-24)33-12-14-35-15-13-33/h1-11,16-17,25H,12-15,18H2,(H,30,32)(H,31,34). The predicted octanol–water partition coefficient (Wildman–Crippen LogP) is 4.83. The summed E-state index contributed by atoms with van der Waals surface area (Å²) in [6.07, 6.45) is 3.53. The van der Waals surface area contributed by atoms with Gasteiger partial charge in [-0.1, -0.05) is 29.8 Å². The van der Waals surface area contributed by atoms with Crippen LogP contribution < -0.4 is 10.6 Å². The number of rotatable bonds is 7. The maximum atomic E-state index is 13.1. The minimum Gasteiger partial charge on any atom is -0.379 e. The lowest BCUT2D eigenvalue weighted by atomic mass is 10.1. The molecule has 5 rings (SSSR count). The molecule has 1 aliphatic rings. The lowest BCUT2D eigenvalue weighted by molar-refractivity contribution is 0.0154. The molecule has 35 heavy (non-hydrogen) atoms. The number of anilines is 2. The van der Waals surface area contributed by atoms with Crippen molar-refractivity contribution in [1.29, 1.82) is 0 Å². The second-order valence-electron chi connectivity index (χ2n) is 8.36. The zero-order valence-corrected chi connectivity index (χ0v) is 19.9. The number of hydrogen-bond acceptors (Lipinski definition) is 6. The van der Waals surface area contributed by atoms with E-state index < -0.39 is 0 Å². The van der Waals surface area contributed by atoms with E-state index in [0.29, 0.717) is 36.2 Å². The van der Waals surface area contributed by atoms with Crippen molar-refractivity contribution in [2.75, 3.05) is 38.2 Å². The van der Waals surface area contributed by atoms with Crippen LogP contribution in [0.4, 0.5) is 11.5 Å². The van der Waals surface area contributed by atoms with Gasteiger partial charge in [0.15, 0.2) is 0 Å². The van der Waals surface area contributed by atoms with Crippen molar-refractivity contribution in [3.8, 4) is 0 Å². The van der Waals surface area contributed by atoms with Crippen LogP contribution in [0.1, 0.15) is 22.1 Å². The largest absolute Gasteiger partial charge is 0.379 e. The average molecular weight is 488 g/mol. The fourth-order valence-electron chi connectivity index (χ4n) is 4.29. The molecule has 178 valence electrons. The van der Waals surface area contributed by atoms with Gasteiger partial charge in [0.05, 0.1) is 24.9 Å². The number of carbonyl (C=O) groups is 1. The highest BCUT2D eigenvalue weighted by molar-refractivity contribution is 6.31. The van der Waals surface area contributed by atoms with E-state index >= 15 is 0 Å². The number of amides is 1. The van der Waals surface area contributed by atoms with E-state index in [1.54, 1.807) is 18.5 Å². The second-order valence-corrected chi connectivity index (χ2v) is 8.80. The Bertz CT molecular complexity index is 1310. The zero-order chi connectivity index (χ0) is 24.0. The summed E-state index contributed by atoms with van der Waals surface area (Å²) >= 11 is 6.20. The van der Waals surface area contributed by atoms with Crippen LogP contribution in [-0.2, 0) is 4.74 Å². The van der Waals surface area contributed by atoms with Crippen molar-refractivity contribution in [3.05, 3.63) is 95.4 Å². The molecule has 0 bridgehead atoms. The SMILES string of the molecule is O=C(NCC(c1ccccn1)N1CCOCC1)c1cccc(Nc2nccc3ccc(Cl)cc23)c1. The molecule has 2 aromatic carbocycles. The zero-order valence-electron chi connectivity index (χ0n) is 19.2. The van der Waals surface area contributed by atoms with Gasteiger partial charge < -0.3 is 15.4 Å².